The van der Waals surface area contributed by atoms with Gasteiger partial charge in [0.25, 0.3) is 5.91 Å². The molecule has 1 atom stereocenters. The number of ether oxygens (including phenoxy) is 1. The maximum atomic E-state index is 14.5. The number of primary amides is 1. The van der Waals surface area contributed by atoms with Crippen LogP contribution >= 0.6 is 0 Å². The molecule has 2 heterocycles. The van der Waals surface area contributed by atoms with Gasteiger partial charge in [0.15, 0.2) is 5.69 Å². The average Bonchev–Trinajstić information content (AvgIpc) is 3.39. The zero-order valence-corrected chi connectivity index (χ0v) is 25.6. The highest BCUT2D eigenvalue weighted by Gasteiger charge is 2.39. The van der Waals surface area contributed by atoms with E-state index < -0.39 is 59.3 Å². The van der Waals surface area contributed by atoms with E-state index in [0.717, 1.165) is 22.9 Å². The predicted octanol–water partition coefficient (Wildman–Crippen LogP) is 4.91. The summed E-state index contributed by atoms with van der Waals surface area (Å²) in [5, 5.41) is 9.37. The number of fused-ring (bicyclic) bond motifs is 1. The van der Waals surface area contributed by atoms with E-state index in [4.69, 9.17) is 10.5 Å². The van der Waals surface area contributed by atoms with Crippen LogP contribution in [0.15, 0.2) is 42.6 Å². The Morgan fingerprint density at radius 1 is 1.06 bits per heavy atom. The summed E-state index contributed by atoms with van der Waals surface area (Å²) in [7, 11) is 1.50. The molecular formula is C32H31F6N7O3. The lowest BCUT2D eigenvalue weighted by Gasteiger charge is -2.22. The van der Waals surface area contributed by atoms with Gasteiger partial charge in [-0.1, -0.05) is 6.07 Å². The number of rotatable bonds is 12. The first-order chi connectivity index (χ1) is 22.8. The third kappa shape index (κ3) is 7.93. The number of nitrogens with zero attached hydrogens (tertiary/aromatic N) is 4. The number of carbonyl (C=O) groups excluding carboxylic acids is 2. The number of nitrogens with one attached hydrogen (secondary N) is 2. The molecule has 2 amide bonds. The lowest BCUT2D eigenvalue weighted by molar-refractivity contribution is -0.142. The third-order valence-electron chi connectivity index (χ3n) is 7.84. The zero-order chi connectivity index (χ0) is 34.6. The normalized spacial score (nSPS) is 13.6. The van der Waals surface area contributed by atoms with Gasteiger partial charge in [-0.3, -0.25) is 14.3 Å². The van der Waals surface area contributed by atoms with Gasteiger partial charge >= 0.3 is 6.18 Å². The van der Waals surface area contributed by atoms with Crippen LogP contribution in [-0.4, -0.2) is 51.8 Å². The van der Waals surface area contributed by atoms with Crippen molar-refractivity contribution in [2.75, 3.05) is 25.6 Å². The van der Waals surface area contributed by atoms with Crippen molar-refractivity contribution in [3.63, 3.8) is 0 Å². The van der Waals surface area contributed by atoms with Gasteiger partial charge in [-0.15, -0.1) is 0 Å². The number of amides is 2. The zero-order valence-electron chi connectivity index (χ0n) is 25.6. The van der Waals surface area contributed by atoms with Crippen LogP contribution in [0.25, 0.3) is 11.1 Å². The Morgan fingerprint density at radius 3 is 2.48 bits per heavy atom. The fourth-order valence-corrected chi connectivity index (χ4v) is 5.67. The highest BCUT2D eigenvalue weighted by molar-refractivity contribution is 5.94. The number of hydrogen-bond donors (Lipinski definition) is 3. The van der Waals surface area contributed by atoms with E-state index in [-0.39, 0.29) is 46.7 Å². The number of hydrogen-bond acceptors (Lipinski definition) is 7. The summed E-state index contributed by atoms with van der Waals surface area (Å²) in [6, 6.07) is 5.08. The quantitative estimate of drug-likeness (QED) is 0.143. The van der Waals surface area contributed by atoms with Crippen molar-refractivity contribution in [1.29, 1.82) is 0 Å². The molecule has 0 saturated carbocycles. The molecule has 0 saturated heterocycles. The number of anilines is 1. The van der Waals surface area contributed by atoms with Crippen LogP contribution in [0.1, 0.15) is 57.5 Å². The first-order valence-corrected chi connectivity index (χ1v) is 14.9. The van der Waals surface area contributed by atoms with Crippen LogP contribution in [0.5, 0.6) is 0 Å². The van der Waals surface area contributed by atoms with Gasteiger partial charge in [-0.05, 0) is 61.1 Å². The van der Waals surface area contributed by atoms with Gasteiger partial charge in [-0.2, -0.15) is 18.3 Å². The molecule has 10 nitrogen and oxygen atoms in total. The Kier molecular flexibility index (Phi) is 10.3. The molecule has 48 heavy (non-hydrogen) atoms. The molecule has 5 rings (SSSR count). The van der Waals surface area contributed by atoms with Crippen molar-refractivity contribution >= 4 is 17.8 Å². The molecule has 4 N–H and O–H groups in total. The van der Waals surface area contributed by atoms with Gasteiger partial charge in [0, 0.05) is 49.2 Å². The minimum Gasteiger partial charge on any atom is -0.383 e. The molecule has 1 aliphatic carbocycles. The summed E-state index contributed by atoms with van der Waals surface area (Å²) in [4.78, 5) is 34.2. The summed E-state index contributed by atoms with van der Waals surface area (Å²) in [5.74, 6) is -4.40. The van der Waals surface area contributed by atoms with Crippen molar-refractivity contribution in [2.45, 2.75) is 50.9 Å². The van der Waals surface area contributed by atoms with Crippen LogP contribution in [0.4, 0.5) is 32.3 Å². The van der Waals surface area contributed by atoms with E-state index >= 15 is 0 Å². The fraction of sp³-hybridized carbons (Fsp3) is 0.344. The number of methoxy groups -OCH3 is 1. The summed E-state index contributed by atoms with van der Waals surface area (Å²) >= 11 is 0. The molecule has 254 valence electrons. The molecule has 0 bridgehead atoms. The molecule has 1 unspecified atom stereocenters. The first kappa shape index (κ1) is 34.3. The highest BCUT2D eigenvalue weighted by atomic mass is 19.4. The summed E-state index contributed by atoms with van der Waals surface area (Å²) in [5.41, 5.74) is 5.02. The summed E-state index contributed by atoms with van der Waals surface area (Å²) < 4.78 is 90.6. The van der Waals surface area contributed by atoms with E-state index in [1.54, 1.807) is 0 Å². The second-order valence-corrected chi connectivity index (χ2v) is 11.2. The van der Waals surface area contributed by atoms with Crippen molar-refractivity contribution < 1.29 is 40.7 Å². The molecule has 16 heteroatoms. The van der Waals surface area contributed by atoms with Gasteiger partial charge in [0.2, 0.25) is 11.9 Å². The Morgan fingerprint density at radius 2 is 1.79 bits per heavy atom. The van der Waals surface area contributed by atoms with Crippen LogP contribution < -0.4 is 16.4 Å². The standard InChI is InChI=1S/C32H31F6N7O3/c1-48-9-8-40-31-41-15-23(17-6-7-24(35)22(12-17)30(39)47)26(43-31)14-25(18-10-19(33)13-20(34)11-18)42-28(46)16-45-27-5-3-2-4-21(27)29(44-45)32(36,37)38/h6-7,10-13,15,25H,2-5,8-9,14,16H2,1H3,(H2,39,47)(H,42,46)(H,40,41,43). The fourth-order valence-electron chi connectivity index (χ4n) is 5.67. The number of halogens is 6. The topological polar surface area (TPSA) is 137 Å². The Bertz CT molecular complexity index is 1810. The van der Waals surface area contributed by atoms with E-state index in [9.17, 15) is 35.9 Å². The second-order valence-electron chi connectivity index (χ2n) is 11.2. The van der Waals surface area contributed by atoms with Gasteiger partial charge in [-0.25, -0.2) is 23.1 Å². The SMILES string of the molecule is COCCNc1ncc(-c2ccc(F)c(C(N)=O)c2)c(CC(NC(=O)Cn2nc(C(F)(F)F)c3c2CCCC3)c2cc(F)cc(F)c2)n1. The van der Waals surface area contributed by atoms with Crippen LogP contribution in [0.3, 0.4) is 0 Å². The number of aromatic nitrogens is 4. The smallest absolute Gasteiger partial charge is 0.383 e. The number of carbonyl (C=O) groups is 2. The van der Waals surface area contributed by atoms with Crippen molar-refractivity contribution in [2.24, 2.45) is 5.73 Å². The van der Waals surface area contributed by atoms with E-state index in [1.807, 2.05) is 0 Å². The molecule has 2 aromatic carbocycles. The first-order valence-electron chi connectivity index (χ1n) is 14.9. The van der Waals surface area contributed by atoms with Gasteiger partial charge in [0.05, 0.1) is 23.9 Å². The number of alkyl halides is 3. The molecule has 1 aliphatic rings. The van der Waals surface area contributed by atoms with Crippen molar-refractivity contribution in [3.05, 3.63) is 93.8 Å². The van der Waals surface area contributed by atoms with Gasteiger partial charge < -0.3 is 21.1 Å². The Balaban J connectivity index is 1.53. The largest absolute Gasteiger partial charge is 0.435 e. The number of benzene rings is 2. The minimum absolute atomic E-state index is 0.00490. The minimum atomic E-state index is -4.71. The van der Waals surface area contributed by atoms with Crippen molar-refractivity contribution in [1.82, 2.24) is 25.1 Å². The van der Waals surface area contributed by atoms with Crippen LogP contribution in [0, 0.1) is 17.5 Å². The Labute approximate surface area is 270 Å². The highest BCUT2D eigenvalue weighted by Crippen LogP contribution is 2.36. The monoisotopic (exact) mass is 675 g/mol. The van der Waals surface area contributed by atoms with Crippen LogP contribution in [0.2, 0.25) is 0 Å². The van der Waals surface area contributed by atoms with Crippen LogP contribution in [-0.2, 0) is 41.5 Å². The molecule has 0 radical (unpaired) electrons. The third-order valence-corrected chi connectivity index (χ3v) is 7.84. The molecule has 4 aromatic rings. The molecule has 2 aromatic heterocycles. The van der Waals surface area contributed by atoms with Gasteiger partial charge in [0.1, 0.15) is 24.0 Å². The maximum Gasteiger partial charge on any atom is 0.435 e. The lowest BCUT2D eigenvalue weighted by atomic mass is 9.95. The molecule has 0 spiro atoms. The second kappa shape index (κ2) is 14.4. The Hall–Kier alpha value is -4.99. The van der Waals surface area contributed by atoms with Crippen molar-refractivity contribution in [3.8, 4) is 11.1 Å². The van der Waals surface area contributed by atoms with E-state index in [1.165, 1.54) is 25.4 Å². The molecular weight excluding hydrogens is 644 g/mol. The average molecular weight is 676 g/mol. The number of nitrogens with two attached hydrogens (primary N) is 1. The molecule has 0 fully saturated rings. The maximum absolute atomic E-state index is 14.5. The predicted molar refractivity (Wildman–Crippen MR) is 161 cm³/mol. The van der Waals surface area contributed by atoms with E-state index in [2.05, 4.69) is 25.7 Å². The summed E-state index contributed by atoms with van der Waals surface area (Å²) in [6.07, 6.45) is -1.89. The lowest BCUT2D eigenvalue weighted by Crippen LogP contribution is -2.34. The van der Waals surface area contributed by atoms with E-state index in [0.29, 0.717) is 44.2 Å². The molecule has 0 aliphatic heterocycles. The summed E-state index contributed by atoms with van der Waals surface area (Å²) in [6.45, 7) is 0.0168.